The Hall–Kier alpha value is -2.32. The monoisotopic (exact) mass is 290 g/mol. The van der Waals surface area contributed by atoms with Gasteiger partial charge in [-0.15, -0.1) is 0 Å². The van der Waals surface area contributed by atoms with Gasteiger partial charge < -0.3 is 19.2 Å². The average molecular weight is 291 g/mol. The van der Waals surface area contributed by atoms with Gasteiger partial charge in [0.15, 0.2) is 11.5 Å². The highest BCUT2D eigenvalue weighted by atomic mass is 35.5. The summed E-state index contributed by atoms with van der Waals surface area (Å²) in [7, 11) is 0. The molecule has 1 aromatic carbocycles. The van der Waals surface area contributed by atoms with E-state index in [0.29, 0.717) is 42.0 Å². The highest BCUT2D eigenvalue weighted by Crippen LogP contribution is 2.38. The van der Waals surface area contributed by atoms with Gasteiger partial charge in [0.2, 0.25) is 5.76 Å². The van der Waals surface area contributed by atoms with Crippen molar-refractivity contribution in [1.29, 1.82) is 5.26 Å². The number of nitriles is 1. The third-order valence-electron chi connectivity index (χ3n) is 2.86. The maximum absolute atomic E-state index is 8.70. The average Bonchev–Trinajstić information content (AvgIpc) is 2.93. The molecule has 6 heteroatoms. The Kier molecular flexibility index (Phi) is 3.40. The normalized spacial score (nSPS) is 12.8. The summed E-state index contributed by atoms with van der Waals surface area (Å²) < 4.78 is 16.2. The molecule has 2 heterocycles. The fraction of sp³-hybridized carbons (Fsp3) is 0.214. The van der Waals surface area contributed by atoms with Crippen molar-refractivity contribution in [3.63, 3.8) is 0 Å². The van der Waals surface area contributed by atoms with E-state index in [-0.39, 0.29) is 5.76 Å². The number of hydrogen-bond acceptors (Lipinski definition) is 5. The van der Waals surface area contributed by atoms with E-state index in [2.05, 4.69) is 5.32 Å². The number of rotatable bonds is 3. The molecule has 3 rings (SSSR count). The lowest BCUT2D eigenvalue weighted by molar-refractivity contribution is 0.171. The van der Waals surface area contributed by atoms with Crippen molar-refractivity contribution < 1.29 is 13.9 Å². The van der Waals surface area contributed by atoms with Gasteiger partial charge in [-0.3, -0.25) is 0 Å². The Morgan fingerprint density at radius 2 is 1.95 bits per heavy atom. The number of nitrogens with zero attached hydrogens (tertiary/aromatic N) is 1. The quantitative estimate of drug-likeness (QED) is 0.940. The Bertz CT molecular complexity index is 676. The van der Waals surface area contributed by atoms with Crippen LogP contribution >= 0.6 is 11.6 Å². The summed E-state index contributed by atoms with van der Waals surface area (Å²) in [4.78, 5) is 0. The van der Waals surface area contributed by atoms with E-state index in [0.717, 1.165) is 5.69 Å². The Morgan fingerprint density at radius 3 is 2.65 bits per heavy atom. The lowest BCUT2D eigenvalue weighted by Crippen LogP contribution is -2.15. The molecule has 5 nitrogen and oxygen atoms in total. The van der Waals surface area contributed by atoms with Crippen LogP contribution in [0.25, 0.3) is 0 Å². The van der Waals surface area contributed by atoms with Crippen LogP contribution in [-0.4, -0.2) is 13.2 Å². The molecule has 102 valence electrons. The van der Waals surface area contributed by atoms with Crippen LogP contribution in [0.15, 0.2) is 28.7 Å². The first-order chi connectivity index (χ1) is 9.76. The van der Waals surface area contributed by atoms with Crippen molar-refractivity contribution in [3.05, 3.63) is 40.8 Å². The van der Waals surface area contributed by atoms with Crippen LogP contribution in [0.5, 0.6) is 11.5 Å². The van der Waals surface area contributed by atoms with Gasteiger partial charge in [0.25, 0.3) is 0 Å². The van der Waals surface area contributed by atoms with Gasteiger partial charge in [0, 0.05) is 12.1 Å². The van der Waals surface area contributed by atoms with Gasteiger partial charge in [-0.25, -0.2) is 0 Å². The summed E-state index contributed by atoms with van der Waals surface area (Å²) >= 11 is 6.18. The number of halogens is 1. The summed E-state index contributed by atoms with van der Waals surface area (Å²) in [6.45, 7) is 1.48. The highest BCUT2D eigenvalue weighted by Gasteiger charge is 2.15. The molecule has 0 unspecified atom stereocenters. The standard InChI is InChI=1S/C14H11ClN2O3/c15-11-5-13-14(19-4-3-18-13)6-12(11)17-8-10-2-1-9(7-16)20-10/h1-2,5-6,17H,3-4,8H2. The molecule has 1 aromatic heterocycles. The third kappa shape index (κ3) is 2.51. The van der Waals surface area contributed by atoms with Gasteiger partial charge in [0.05, 0.1) is 17.3 Å². The molecular weight excluding hydrogens is 280 g/mol. The van der Waals surface area contributed by atoms with E-state index in [1.165, 1.54) is 0 Å². The molecule has 0 radical (unpaired) electrons. The second-order valence-electron chi connectivity index (χ2n) is 4.21. The van der Waals surface area contributed by atoms with E-state index >= 15 is 0 Å². The van der Waals surface area contributed by atoms with Crippen LogP contribution in [0.3, 0.4) is 0 Å². The summed E-state index contributed by atoms with van der Waals surface area (Å²) in [6, 6.07) is 8.84. The maximum atomic E-state index is 8.70. The molecule has 1 aliphatic heterocycles. The molecule has 2 aromatic rings. The number of ether oxygens (including phenoxy) is 2. The van der Waals surface area contributed by atoms with Gasteiger partial charge in [-0.2, -0.15) is 5.26 Å². The molecule has 20 heavy (non-hydrogen) atoms. The van der Waals surface area contributed by atoms with E-state index in [4.69, 9.17) is 30.8 Å². The zero-order chi connectivity index (χ0) is 13.9. The Labute approximate surface area is 120 Å². The van der Waals surface area contributed by atoms with Crippen molar-refractivity contribution in [1.82, 2.24) is 0 Å². The van der Waals surface area contributed by atoms with E-state index < -0.39 is 0 Å². The first kappa shape index (κ1) is 12.7. The summed E-state index contributed by atoms with van der Waals surface area (Å²) in [5.74, 6) is 2.26. The molecule has 0 amide bonds. The number of fused-ring (bicyclic) bond motifs is 1. The van der Waals surface area contributed by atoms with Crippen molar-refractivity contribution in [2.45, 2.75) is 6.54 Å². The predicted octanol–water partition coefficient (Wildman–Crippen LogP) is 3.19. The molecule has 0 saturated heterocycles. The largest absolute Gasteiger partial charge is 0.486 e. The van der Waals surface area contributed by atoms with Crippen LogP contribution in [0.4, 0.5) is 5.69 Å². The third-order valence-corrected chi connectivity index (χ3v) is 3.17. The van der Waals surface area contributed by atoms with E-state index in [1.54, 1.807) is 24.3 Å². The second-order valence-corrected chi connectivity index (χ2v) is 4.61. The van der Waals surface area contributed by atoms with Gasteiger partial charge >= 0.3 is 0 Å². The minimum atomic E-state index is 0.287. The minimum Gasteiger partial charge on any atom is -0.486 e. The fourth-order valence-corrected chi connectivity index (χ4v) is 2.14. The van der Waals surface area contributed by atoms with Crippen LogP contribution in [0.1, 0.15) is 11.5 Å². The summed E-state index contributed by atoms with van der Waals surface area (Å²) in [5, 5.41) is 12.4. The molecule has 1 N–H and O–H groups in total. The maximum Gasteiger partial charge on any atom is 0.203 e. The van der Waals surface area contributed by atoms with Crippen molar-refractivity contribution >= 4 is 17.3 Å². The lowest BCUT2D eigenvalue weighted by Gasteiger charge is -2.20. The van der Waals surface area contributed by atoms with Crippen molar-refractivity contribution in [2.75, 3.05) is 18.5 Å². The smallest absolute Gasteiger partial charge is 0.203 e. The van der Waals surface area contributed by atoms with Crippen molar-refractivity contribution in [3.8, 4) is 17.6 Å². The van der Waals surface area contributed by atoms with Gasteiger partial charge in [-0.05, 0) is 12.1 Å². The summed E-state index contributed by atoms with van der Waals surface area (Å²) in [6.07, 6.45) is 0. The number of furan rings is 1. The number of anilines is 1. The molecule has 0 fully saturated rings. The van der Waals surface area contributed by atoms with Crippen molar-refractivity contribution in [2.24, 2.45) is 0 Å². The Morgan fingerprint density at radius 1 is 1.20 bits per heavy atom. The van der Waals surface area contributed by atoms with Crippen LogP contribution in [0, 0.1) is 11.3 Å². The van der Waals surface area contributed by atoms with E-state index in [9.17, 15) is 0 Å². The van der Waals surface area contributed by atoms with Gasteiger partial charge in [-0.1, -0.05) is 11.6 Å². The minimum absolute atomic E-state index is 0.287. The first-order valence-corrected chi connectivity index (χ1v) is 6.46. The van der Waals surface area contributed by atoms with Crippen LogP contribution in [-0.2, 0) is 6.54 Å². The zero-order valence-corrected chi connectivity index (χ0v) is 11.2. The zero-order valence-electron chi connectivity index (χ0n) is 10.5. The number of benzene rings is 1. The highest BCUT2D eigenvalue weighted by molar-refractivity contribution is 6.33. The SMILES string of the molecule is N#Cc1ccc(CNc2cc3c(cc2Cl)OCCO3)o1. The molecule has 0 spiro atoms. The first-order valence-electron chi connectivity index (χ1n) is 6.08. The second kappa shape index (κ2) is 5.35. The molecule has 1 aliphatic rings. The molecular formula is C14H11ClN2O3. The van der Waals surface area contributed by atoms with E-state index in [1.807, 2.05) is 6.07 Å². The molecule has 0 aliphatic carbocycles. The summed E-state index contributed by atoms with van der Waals surface area (Å²) in [5.41, 5.74) is 0.728. The fourth-order valence-electron chi connectivity index (χ4n) is 1.91. The van der Waals surface area contributed by atoms with Crippen LogP contribution in [0.2, 0.25) is 5.02 Å². The lowest BCUT2D eigenvalue weighted by atomic mass is 10.2. The molecule has 0 bridgehead atoms. The number of nitrogens with one attached hydrogen (secondary N) is 1. The molecule has 0 saturated carbocycles. The Balaban J connectivity index is 1.75. The molecule has 0 atom stereocenters. The number of hydrogen-bond donors (Lipinski definition) is 1. The van der Waals surface area contributed by atoms with Crippen LogP contribution < -0.4 is 14.8 Å². The predicted molar refractivity (Wildman–Crippen MR) is 73.2 cm³/mol. The topological polar surface area (TPSA) is 67.4 Å². The van der Waals surface area contributed by atoms with Gasteiger partial charge in [0.1, 0.15) is 25.0 Å².